The van der Waals surface area contributed by atoms with Crippen molar-refractivity contribution in [2.24, 2.45) is 0 Å². The Morgan fingerprint density at radius 3 is 2.48 bits per heavy atom. The lowest BCUT2D eigenvalue weighted by Gasteiger charge is -2.19. The largest absolute Gasteiger partial charge is 0.460 e. The van der Waals surface area contributed by atoms with Crippen molar-refractivity contribution in [2.75, 3.05) is 6.54 Å². The highest BCUT2D eigenvalue weighted by molar-refractivity contribution is 7.91. The fourth-order valence-electron chi connectivity index (χ4n) is 3.43. The summed E-state index contributed by atoms with van der Waals surface area (Å²) < 4.78 is 32.3. The Morgan fingerprint density at radius 2 is 1.81 bits per heavy atom. The van der Waals surface area contributed by atoms with Crippen LogP contribution in [0.1, 0.15) is 30.7 Å². The van der Waals surface area contributed by atoms with Gasteiger partial charge in [-0.15, -0.1) is 12.4 Å². The van der Waals surface area contributed by atoms with Crippen molar-refractivity contribution in [1.82, 2.24) is 5.32 Å². The molecule has 144 valence electrons. The van der Waals surface area contributed by atoms with E-state index in [4.69, 9.17) is 4.42 Å². The summed E-state index contributed by atoms with van der Waals surface area (Å²) in [5, 5.41) is 14.7. The molecule has 3 aromatic rings. The van der Waals surface area contributed by atoms with Crippen LogP contribution < -0.4 is 5.32 Å². The molecule has 7 heteroatoms. The SMILES string of the molecule is CC(C)(O)c1cc(S(=O)(=O)c2ccccc2)cc2c3c(oc12)CCNC3.Cl. The Balaban J connectivity index is 0.00000210. The molecule has 2 N–H and O–H groups in total. The highest BCUT2D eigenvalue weighted by Crippen LogP contribution is 2.38. The van der Waals surface area contributed by atoms with Crippen LogP contribution in [0.2, 0.25) is 0 Å². The van der Waals surface area contributed by atoms with E-state index in [-0.39, 0.29) is 22.2 Å². The number of aliphatic hydroxyl groups is 1. The number of furan rings is 1. The third-order valence-corrected chi connectivity index (χ3v) is 6.55. The maximum absolute atomic E-state index is 13.1. The van der Waals surface area contributed by atoms with Crippen LogP contribution in [0.25, 0.3) is 11.0 Å². The summed E-state index contributed by atoms with van der Waals surface area (Å²) in [5.74, 6) is 0.860. The molecule has 2 aromatic carbocycles. The first kappa shape index (κ1) is 19.9. The van der Waals surface area contributed by atoms with Crippen molar-refractivity contribution >= 4 is 33.2 Å². The van der Waals surface area contributed by atoms with Crippen LogP contribution in [0.15, 0.2) is 56.7 Å². The van der Waals surface area contributed by atoms with E-state index in [1.807, 2.05) is 0 Å². The van der Waals surface area contributed by atoms with Crippen molar-refractivity contribution in [1.29, 1.82) is 0 Å². The number of hydrogen-bond donors (Lipinski definition) is 2. The van der Waals surface area contributed by atoms with Gasteiger partial charge in [0.1, 0.15) is 11.3 Å². The summed E-state index contributed by atoms with van der Waals surface area (Å²) in [4.78, 5) is 0.402. The maximum atomic E-state index is 13.1. The zero-order valence-corrected chi connectivity index (χ0v) is 16.8. The lowest BCUT2D eigenvalue weighted by atomic mass is 9.95. The number of nitrogens with one attached hydrogen (secondary N) is 1. The number of sulfone groups is 1. The van der Waals surface area contributed by atoms with Gasteiger partial charge in [0, 0.05) is 36.0 Å². The maximum Gasteiger partial charge on any atom is 0.206 e. The first-order chi connectivity index (χ1) is 12.3. The van der Waals surface area contributed by atoms with Crippen molar-refractivity contribution in [2.45, 2.75) is 42.2 Å². The summed E-state index contributed by atoms with van der Waals surface area (Å²) in [7, 11) is -3.69. The Hall–Kier alpha value is -1.86. The van der Waals surface area contributed by atoms with E-state index in [1.54, 1.807) is 50.2 Å². The van der Waals surface area contributed by atoms with Gasteiger partial charge in [-0.1, -0.05) is 18.2 Å². The number of fused-ring (bicyclic) bond motifs is 3. The first-order valence-corrected chi connectivity index (χ1v) is 10.1. The standard InChI is InChI=1S/C20H21NO4S.ClH/c1-20(2,22)17-11-14(26(23,24)13-6-4-3-5-7-13)10-15-16-12-21-9-8-18(16)25-19(15)17;/h3-7,10-11,21-22H,8-9,12H2,1-2H3;1H. The van der Waals surface area contributed by atoms with E-state index in [9.17, 15) is 13.5 Å². The fraction of sp³-hybridized carbons (Fsp3) is 0.300. The summed E-state index contributed by atoms with van der Waals surface area (Å²) in [6, 6.07) is 11.5. The van der Waals surface area contributed by atoms with Crippen LogP contribution in [0.3, 0.4) is 0 Å². The van der Waals surface area contributed by atoms with Crippen LogP contribution in [0, 0.1) is 0 Å². The second-order valence-electron chi connectivity index (χ2n) is 7.15. The summed E-state index contributed by atoms with van der Waals surface area (Å²) in [5.41, 5.74) is 0.799. The molecule has 0 bridgehead atoms. The average Bonchev–Trinajstić information content (AvgIpc) is 2.99. The molecular formula is C20H22ClNO4S. The van der Waals surface area contributed by atoms with Gasteiger partial charge in [0.25, 0.3) is 0 Å². The summed E-state index contributed by atoms with van der Waals surface area (Å²) in [6.07, 6.45) is 0.746. The van der Waals surface area contributed by atoms with Gasteiger partial charge in [-0.3, -0.25) is 0 Å². The lowest BCUT2D eigenvalue weighted by Crippen LogP contribution is -2.22. The molecule has 2 heterocycles. The highest BCUT2D eigenvalue weighted by Gasteiger charge is 2.29. The van der Waals surface area contributed by atoms with Crippen LogP contribution in [0.5, 0.6) is 0 Å². The highest BCUT2D eigenvalue weighted by atomic mass is 35.5. The second kappa shape index (κ2) is 6.95. The molecule has 1 aliphatic heterocycles. The van der Waals surface area contributed by atoms with Crippen molar-refractivity contribution in [3.8, 4) is 0 Å². The van der Waals surface area contributed by atoms with Gasteiger partial charge < -0.3 is 14.8 Å². The van der Waals surface area contributed by atoms with Crippen LogP contribution in [-0.4, -0.2) is 20.1 Å². The average molecular weight is 408 g/mol. The van der Waals surface area contributed by atoms with Gasteiger partial charge in [0.05, 0.1) is 15.4 Å². The van der Waals surface area contributed by atoms with E-state index in [1.165, 1.54) is 6.07 Å². The van der Waals surface area contributed by atoms with Crippen LogP contribution >= 0.6 is 12.4 Å². The predicted molar refractivity (Wildman–Crippen MR) is 106 cm³/mol. The number of rotatable bonds is 3. The molecule has 0 amide bonds. The Labute approximate surface area is 164 Å². The first-order valence-electron chi connectivity index (χ1n) is 8.60. The minimum atomic E-state index is -3.69. The topological polar surface area (TPSA) is 79.5 Å². The smallest absolute Gasteiger partial charge is 0.206 e. The molecule has 1 aromatic heterocycles. The lowest BCUT2D eigenvalue weighted by molar-refractivity contribution is 0.0789. The molecular weight excluding hydrogens is 386 g/mol. The van der Waals surface area contributed by atoms with Crippen molar-refractivity contribution in [3.05, 3.63) is 59.4 Å². The minimum Gasteiger partial charge on any atom is -0.460 e. The van der Waals surface area contributed by atoms with Gasteiger partial charge in [-0.05, 0) is 38.1 Å². The van der Waals surface area contributed by atoms with Crippen LogP contribution in [-0.2, 0) is 28.4 Å². The number of halogens is 1. The second-order valence-corrected chi connectivity index (χ2v) is 9.10. The minimum absolute atomic E-state index is 0. The molecule has 0 spiro atoms. The van der Waals surface area contributed by atoms with E-state index < -0.39 is 15.4 Å². The molecule has 27 heavy (non-hydrogen) atoms. The molecule has 4 rings (SSSR count). The van der Waals surface area contributed by atoms with Crippen LogP contribution in [0.4, 0.5) is 0 Å². The van der Waals surface area contributed by atoms with E-state index in [0.29, 0.717) is 17.7 Å². The predicted octanol–water partition coefficient (Wildman–Crippen LogP) is 3.56. The molecule has 0 saturated heterocycles. The molecule has 0 fully saturated rings. The monoisotopic (exact) mass is 407 g/mol. The van der Waals surface area contributed by atoms with Crippen molar-refractivity contribution < 1.29 is 17.9 Å². The zero-order valence-electron chi connectivity index (χ0n) is 15.2. The third kappa shape index (κ3) is 3.38. The molecule has 0 atom stereocenters. The third-order valence-electron chi connectivity index (χ3n) is 4.80. The Bertz CT molecular complexity index is 1080. The van der Waals surface area contributed by atoms with Gasteiger partial charge in [0.15, 0.2) is 0 Å². The quantitative estimate of drug-likeness (QED) is 0.693. The van der Waals surface area contributed by atoms with Crippen molar-refractivity contribution in [3.63, 3.8) is 0 Å². The van der Waals surface area contributed by atoms with Gasteiger partial charge in [-0.2, -0.15) is 0 Å². The molecule has 0 aliphatic carbocycles. The fourth-order valence-corrected chi connectivity index (χ4v) is 4.76. The van der Waals surface area contributed by atoms with Gasteiger partial charge >= 0.3 is 0 Å². The Morgan fingerprint density at radius 1 is 1.11 bits per heavy atom. The zero-order chi connectivity index (χ0) is 18.5. The van der Waals surface area contributed by atoms with E-state index in [2.05, 4.69) is 5.32 Å². The summed E-state index contributed by atoms with van der Waals surface area (Å²) >= 11 is 0. The summed E-state index contributed by atoms with van der Waals surface area (Å²) in [6.45, 7) is 4.73. The van der Waals surface area contributed by atoms with E-state index >= 15 is 0 Å². The molecule has 0 radical (unpaired) electrons. The number of hydrogen-bond acceptors (Lipinski definition) is 5. The molecule has 1 aliphatic rings. The van der Waals surface area contributed by atoms with Gasteiger partial charge in [0.2, 0.25) is 9.84 Å². The van der Waals surface area contributed by atoms with Gasteiger partial charge in [-0.25, -0.2) is 8.42 Å². The number of benzene rings is 2. The van der Waals surface area contributed by atoms with E-state index in [0.717, 1.165) is 29.7 Å². The molecule has 0 saturated carbocycles. The Kier molecular flexibility index (Phi) is 5.12. The normalized spacial score (nSPS) is 14.6. The molecule has 5 nitrogen and oxygen atoms in total. The molecule has 0 unspecified atom stereocenters.